The lowest BCUT2D eigenvalue weighted by molar-refractivity contribution is 0.705. The predicted octanol–water partition coefficient (Wildman–Crippen LogP) is 2.58. The standard InChI is InChI=1S/C18H17N7OS/c1-2-11-5-3-4-6-12(11)21-18-23-14(22-17(19)24-18)9-25-10-20-13-7-8-27-15(13)16(25)26/h3-8,10H,2,9H2,1H3,(H3,19,21,22,23,24). The molecule has 4 aromatic rings. The first-order valence-corrected chi connectivity index (χ1v) is 9.30. The van der Waals surface area contributed by atoms with Gasteiger partial charge >= 0.3 is 0 Å². The van der Waals surface area contributed by atoms with Crippen molar-refractivity contribution in [3.05, 3.63) is 63.8 Å². The molecule has 0 unspecified atom stereocenters. The number of nitrogens with two attached hydrogens (primary N) is 1. The first kappa shape index (κ1) is 17.1. The van der Waals surface area contributed by atoms with Gasteiger partial charge in [0, 0.05) is 5.69 Å². The molecule has 1 aromatic carbocycles. The van der Waals surface area contributed by atoms with Crippen LogP contribution in [0, 0.1) is 0 Å². The molecule has 3 heterocycles. The van der Waals surface area contributed by atoms with Gasteiger partial charge in [0.2, 0.25) is 11.9 Å². The van der Waals surface area contributed by atoms with Crippen LogP contribution in [-0.2, 0) is 13.0 Å². The van der Waals surface area contributed by atoms with Crippen molar-refractivity contribution >= 4 is 39.1 Å². The Balaban J connectivity index is 1.66. The van der Waals surface area contributed by atoms with Crippen molar-refractivity contribution in [2.24, 2.45) is 0 Å². The fraction of sp³-hybridized carbons (Fsp3) is 0.167. The molecule has 3 N–H and O–H groups in total. The molecule has 0 fully saturated rings. The zero-order valence-electron chi connectivity index (χ0n) is 14.6. The summed E-state index contributed by atoms with van der Waals surface area (Å²) >= 11 is 1.36. The summed E-state index contributed by atoms with van der Waals surface area (Å²) in [5.74, 6) is 0.824. The summed E-state index contributed by atoms with van der Waals surface area (Å²) in [6.45, 7) is 2.24. The van der Waals surface area contributed by atoms with Crippen LogP contribution in [0.25, 0.3) is 10.2 Å². The number of nitrogen functional groups attached to an aromatic ring is 1. The van der Waals surface area contributed by atoms with Crippen LogP contribution in [0.3, 0.4) is 0 Å². The Labute approximate surface area is 158 Å². The summed E-state index contributed by atoms with van der Waals surface area (Å²) in [5, 5.41) is 5.03. The lowest BCUT2D eigenvalue weighted by atomic mass is 10.1. The van der Waals surface area contributed by atoms with E-state index in [-0.39, 0.29) is 18.1 Å². The third-order valence-electron chi connectivity index (χ3n) is 4.09. The molecule has 0 aliphatic heterocycles. The Hall–Kier alpha value is -3.33. The van der Waals surface area contributed by atoms with Crippen molar-refractivity contribution < 1.29 is 0 Å². The summed E-state index contributed by atoms with van der Waals surface area (Å²) in [4.78, 5) is 29.6. The molecule has 136 valence electrons. The second-order valence-electron chi connectivity index (χ2n) is 5.88. The van der Waals surface area contributed by atoms with Gasteiger partial charge in [-0.05, 0) is 29.5 Å². The highest BCUT2D eigenvalue weighted by molar-refractivity contribution is 7.17. The van der Waals surface area contributed by atoms with Crippen LogP contribution in [0.4, 0.5) is 17.6 Å². The van der Waals surface area contributed by atoms with E-state index in [0.29, 0.717) is 22.0 Å². The van der Waals surface area contributed by atoms with Gasteiger partial charge in [0.15, 0.2) is 5.82 Å². The van der Waals surface area contributed by atoms with Gasteiger partial charge in [-0.25, -0.2) is 4.98 Å². The quantitative estimate of drug-likeness (QED) is 0.548. The number of thiophene rings is 1. The molecule has 0 aliphatic carbocycles. The van der Waals surface area contributed by atoms with Crippen molar-refractivity contribution in [2.45, 2.75) is 19.9 Å². The minimum Gasteiger partial charge on any atom is -0.368 e. The SMILES string of the molecule is CCc1ccccc1Nc1nc(N)nc(Cn2cnc3ccsc3c2=O)n1. The number of fused-ring (bicyclic) bond motifs is 1. The van der Waals surface area contributed by atoms with Crippen molar-refractivity contribution in [2.75, 3.05) is 11.1 Å². The molecule has 0 radical (unpaired) electrons. The third-order valence-corrected chi connectivity index (χ3v) is 4.98. The number of nitrogens with one attached hydrogen (secondary N) is 1. The molecule has 0 spiro atoms. The monoisotopic (exact) mass is 379 g/mol. The number of aromatic nitrogens is 5. The zero-order chi connectivity index (χ0) is 18.8. The van der Waals surface area contributed by atoms with E-state index >= 15 is 0 Å². The van der Waals surface area contributed by atoms with E-state index in [1.165, 1.54) is 22.2 Å². The van der Waals surface area contributed by atoms with Crippen molar-refractivity contribution in [3.8, 4) is 0 Å². The number of benzene rings is 1. The fourth-order valence-corrected chi connectivity index (χ4v) is 3.57. The van der Waals surface area contributed by atoms with Crippen LogP contribution in [0.1, 0.15) is 18.3 Å². The number of anilines is 3. The smallest absolute Gasteiger partial charge is 0.271 e. The Morgan fingerprint density at radius 3 is 2.89 bits per heavy atom. The third kappa shape index (κ3) is 3.49. The maximum Gasteiger partial charge on any atom is 0.271 e. The molecule has 0 saturated heterocycles. The molecule has 4 rings (SSSR count). The van der Waals surface area contributed by atoms with Crippen LogP contribution in [0.15, 0.2) is 46.8 Å². The van der Waals surface area contributed by atoms with Crippen molar-refractivity contribution in [1.82, 2.24) is 24.5 Å². The van der Waals surface area contributed by atoms with Gasteiger partial charge in [-0.3, -0.25) is 9.36 Å². The van der Waals surface area contributed by atoms with Crippen LogP contribution < -0.4 is 16.6 Å². The largest absolute Gasteiger partial charge is 0.368 e. The molecule has 9 heteroatoms. The van der Waals surface area contributed by atoms with E-state index in [2.05, 4.69) is 32.2 Å². The van der Waals surface area contributed by atoms with Crippen molar-refractivity contribution in [1.29, 1.82) is 0 Å². The summed E-state index contributed by atoms with van der Waals surface area (Å²) < 4.78 is 2.08. The zero-order valence-corrected chi connectivity index (χ0v) is 15.4. The van der Waals surface area contributed by atoms with Crippen LogP contribution in [-0.4, -0.2) is 24.5 Å². The Morgan fingerprint density at radius 1 is 1.19 bits per heavy atom. The van der Waals surface area contributed by atoms with E-state index in [4.69, 9.17) is 5.73 Å². The topological polar surface area (TPSA) is 112 Å². The number of hydrogen-bond acceptors (Lipinski definition) is 8. The van der Waals surface area contributed by atoms with Crippen LogP contribution >= 0.6 is 11.3 Å². The Bertz CT molecular complexity index is 1170. The minimum absolute atomic E-state index is 0.0923. The van der Waals surface area contributed by atoms with E-state index < -0.39 is 0 Å². The summed E-state index contributed by atoms with van der Waals surface area (Å²) in [6, 6.07) is 9.73. The predicted molar refractivity (Wildman–Crippen MR) is 106 cm³/mol. The number of para-hydroxylation sites is 1. The first-order valence-electron chi connectivity index (χ1n) is 8.42. The Kier molecular flexibility index (Phi) is 4.51. The Morgan fingerprint density at radius 2 is 2.04 bits per heavy atom. The molecule has 0 bridgehead atoms. The van der Waals surface area contributed by atoms with Gasteiger partial charge in [0.25, 0.3) is 5.56 Å². The van der Waals surface area contributed by atoms with E-state index in [1.807, 2.05) is 35.7 Å². The fourth-order valence-electron chi connectivity index (χ4n) is 2.78. The molecular formula is C18H17N7OS. The van der Waals surface area contributed by atoms with Crippen LogP contribution in [0.2, 0.25) is 0 Å². The average Bonchev–Trinajstić information content (AvgIpc) is 3.14. The van der Waals surface area contributed by atoms with Gasteiger partial charge in [-0.2, -0.15) is 15.0 Å². The van der Waals surface area contributed by atoms with Gasteiger partial charge in [0.05, 0.1) is 18.4 Å². The maximum absolute atomic E-state index is 12.6. The highest BCUT2D eigenvalue weighted by Crippen LogP contribution is 2.19. The molecular weight excluding hydrogens is 362 g/mol. The molecule has 27 heavy (non-hydrogen) atoms. The first-order chi connectivity index (χ1) is 13.1. The molecule has 8 nitrogen and oxygen atoms in total. The molecule has 3 aromatic heterocycles. The number of nitrogens with zero attached hydrogens (tertiary/aromatic N) is 5. The van der Waals surface area contributed by atoms with Gasteiger partial charge in [0.1, 0.15) is 4.70 Å². The second kappa shape index (κ2) is 7.12. The highest BCUT2D eigenvalue weighted by Gasteiger charge is 2.10. The maximum atomic E-state index is 12.6. The molecule has 0 saturated carbocycles. The molecule has 0 atom stereocenters. The van der Waals surface area contributed by atoms with Crippen LogP contribution in [0.5, 0.6) is 0 Å². The van der Waals surface area contributed by atoms with Gasteiger partial charge < -0.3 is 11.1 Å². The normalized spacial score (nSPS) is 11.0. The lowest BCUT2D eigenvalue weighted by Gasteiger charge is -2.11. The summed E-state index contributed by atoms with van der Waals surface area (Å²) in [5.41, 5.74) is 8.46. The lowest BCUT2D eigenvalue weighted by Crippen LogP contribution is -2.22. The van der Waals surface area contributed by atoms with E-state index in [0.717, 1.165) is 17.7 Å². The second-order valence-corrected chi connectivity index (χ2v) is 6.80. The molecule has 0 amide bonds. The minimum atomic E-state index is -0.125. The van der Waals surface area contributed by atoms with Gasteiger partial charge in [-0.1, -0.05) is 25.1 Å². The highest BCUT2D eigenvalue weighted by atomic mass is 32.1. The summed E-state index contributed by atoms with van der Waals surface area (Å²) in [7, 11) is 0. The van der Waals surface area contributed by atoms with E-state index in [1.54, 1.807) is 0 Å². The van der Waals surface area contributed by atoms with Crippen molar-refractivity contribution in [3.63, 3.8) is 0 Å². The number of hydrogen-bond donors (Lipinski definition) is 2. The summed E-state index contributed by atoms with van der Waals surface area (Å²) in [6.07, 6.45) is 2.37. The number of rotatable bonds is 5. The number of aryl methyl sites for hydroxylation is 1. The van der Waals surface area contributed by atoms with E-state index in [9.17, 15) is 4.79 Å². The van der Waals surface area contributed by atoms with Gasteiger partial charge in [-0.15, -0.1) is 11.3 Å². The molecule has 0 aliphatic rings. The average molecular weight is 379 g/mol.